The predicted octanol–water partition coefficient (Wildman–Crippen LogP) is 1.34. The molecule has 0 saturated heterocycles. The van der Waals surface area contributed by atoms with Crippen molar-refractivity contribution in [3.8, 4) is 5.75 Å². The topological polar surface area (TPSA) is 9.23 Å². The summed E-state index contributed by atoms with van der Waals surface area (Å²) < 4.78 is 43.3. The van der Waals surface area contributed by atoms with E-state index in [1.165, 1.54) is 6.07 Å². The predicted molar refractivity (Wildman–Crippen MR) is 74.0 cm³/mol. The van der Waals surface area contributed by atoms with Crippen molar-refractivity contribution in [1.29, 1.82) is 0 Å². The first-order valence-electron chi connectivity index (χ1n) is 6.90. The van der Waals surface area contributed by atoms with Gasteiger partial charge in [-0.15, -0.1) is 5.46 Å². The monoisotopic (exact) mass is 312 g/mol. The summed E-state index contributed by atoms with van der Waals surface area (Å²) in [4.78, 5) is 0. The van der Waals surface area contributed by atoms with Crippen LogP contribution in [0.2, 0.25) is 0 Å². The molecule has 0 aromatic heterocycles. The first-order valence-corrected chi connectivity index (χ1v) is 6.90. The smallest absolute Gasteiger partial charge is 0.493 e. The summed E-state index contributed by atoms with van der Waals surface area (Å²) in [5, 5.41) is 0. The van der Waals surface area contributed by atoms with E-state index in [0.717, 1.165) is 37.8 Å². The number of ether oxygens (including phenoxy) is 1. The zero-order valence-corrected chi connectivity index (χ0v) is 15.7. The first kappa shape index (κ1) is 20.5. The Morgan fingerprint density at radius 3 is 2.45 bits per heavy atom. The summed E-state index contributed by atoms with van der Waals surface area (Å²) in [5.41, 5.74) is -0.598. The summed E-state index contributed by atoms with van der Waals surface area (Å²) in [6.07, 6.45) is 4.31. The van der Waals surface area contributed by atoms with Crippen LogP contribution in [0.15, 0.2) is 24.3 Å². The second-order valence-corrected chi connectivity index (χ2v) is 4.87. The van der Waals surface area contributed by atoms with E-state index in [-0.39, 0.29) is 51.4 Å². The number of hydrogen-bond donors (Lipinski definition) is 0. The second-order valence-electron chi connectivity index (χ2n) is 4.87. The number of halogens is 3. The van der Waals surface area contributed by atoms with Gasteiger partial charge in [-0.3, -0.25) is 0 Å². The standard InChI is InChI=1S/C14H21BF3O.K/c1-3-5-7-12(4-2)11-19-14-9-6-8-13(10-14)15(16,17)18;/h6,8-10,12H,3-5,7,11H2,1-2H3;/q-1;+1. The first-order chi connectivity index (χ1) is 8.97. The molecule has 1 unspecified atom stereocenters. The van der Waals surface area contributed by atoms with Crippen LogP contribution in [0.25, 0.3) is 0 Å². The van der Waals surface area contributed by atoms with Crippen molar-refractivity contribution in [1.82, 2.24) is 0 Å². The molecule has 0 aliphatic heterocycles. The number of unbranched alkanes of at least 4 members (excludes halogenated alkanes) is 1. The minimum atomic E-state index is -4.95. The summed E-state index contributed by atoms with van der Waals surface area (Å²) in [6.45, 7) is -0.251. The molecule has 1 rings (SSSR count). The van der Waals surface area contributed by atoms with Gasteiger partial charge >= 0.3 is 58.4 Å². The van der Waals surface area contributed by atoms with Gasteiger partial charge in [-0.05, 0) is 24.5 Å². The van der Waals surface area contributed by atoms with Crippen LogP contribution in [0, 0.1) is 5.92 Å². The fraction of sp³-hybridized carbons (Fsp3) is 0.571. The average molecular weight is 312 g/mol. The summed E-state index contributed by atoms with van der Waals surface area (Å²) in [7, 11) is 0. The van der Waals surface area contributed by atoms with Gasteiger partial charge in [-0.2, -0.15) is 0 Å². The van der Waals surface area contributed by atoms with Gasteiger partial charge < -0.3 is 17.7 Å². The summed E-state index contributed by atoms with van der Waals surface area (Å²) >= 11 is 0. The molecular formula is C14H21BF3KO. The maximum atomic E-state index is 12.6. The van der Waals surface area contributed by atoms with Gasteiger partial charge in [0.25, 0.3) is 0 Å². The Morgan fingerprint density at radius 1 is 1.20 bits per heavy atom. The van der Waals surface area contributed by atoms with Crippen LogP contribution in [-0.4, -0.2) is 13.6 Å². The van der Waals surface area contributed by atoms with Crippen molar-refractivity contribution < 1.29 is 69.1 Å². The molecule has 0 amide bonds. The molecule has 1 atom stereocenters. The maximum Gasteiger partial charge on any atom is 1.00 e. The van der Waals surface area contributed by atoms with Crippen LogP contribution in [0.1, 0.15) is 39.5 Å². The number of benzene rings is 1. The molecule has 20 heavy (non-hydrogen) atoms. The van der Waals surface area contributed by atoms with Crippen LogP contribution in [0.4, 0.5) is 12.9 Å². The minimum absolute atomic E-state index is 0. The van der Waals surface area contributed by atoms with E-state index in [2.05, 4.69) is 13.8 Å². The van der Waals surface area contributed by atoms with Crippen molar-refractivity contribution in [3.05, 3.63) is 24.3 Å². The van der Waals surface area contributed by atoms with Crippen molar-refractivity contribution in [2.75, 3.05) is 6.61 Å². The Labute approximate surface area is 162 Å². The molecule has 0 heterocycles. The zero-order chi connectivity index (χ0) is 14.3. The van der Waals surface area contributed by atoms with E-state index in [0.29, 0.717) is 18.3 Å². The quantitative estimate of drug-likeness (QED) is 0.658. The van der Waals surface area contributed by atoms with E-state index in [4.69, 9.17) is 4.74 Å². The largest absolute Gasteiger partial charge is 1.00 e. The van der Waals surface area contributed by atoms with E-state index >= 15 is 0 Å². The van der Waals surface area contributed by atoms with Crippen LogP contribution >= 0.6 is 0 Å². The molecular weight excluding hydrogens is 291 g/mol. The van der Waals surface area contributed by atoms with Gasteiger partial charge in [0.15, 0.2) is 0 Å². The average Bonchev–Trinajstić information content (AvgIpc) is 2.38. The van der Waals surface area contributed by atoms with E-state index in [1.807, 2.05) is 0 Å². The Hall–Kier alpha value is 0.511. The van der Waals surface area contributed by atoms with E-state index in [9.17, 15) is 12.9 Å². The molecule has 0 fully saturated rings. The fourth-order valence-corrected chi connectivity index (χ4v) is 1.92. The molecule has 0 spiro atoms. The van der Waals surface area contributed by atoms with E-state index < -0.39 is 12.4 Å². The zero-order valence-electron chi connectivity index (χ0n) is 12.5. The van der Waals surface area contributed by atoms with Gasteiger partial charge in [-0.25, -0.2) is 0 Å². The van der Waals surface area contributed by atoms with Crippen molar-refractivity contribution >= 4 is 12.4 Å². The molecule has 0 aliphatic carbocycles. The van der Waals surface area contributed by atoms with Gasteiger partial charge in [-0.1, -0.05) is 45.2 Å². The maximum absolute atomic E-state index is 12.6. The van der Waals surface area contributed by atoms with Gasteiger partial charge in [0.1, 0.15) is 5.75 Å². The van der Waals surface area contributed by atoms with E-state index in [1.54, 1.807) is 6.07 Å². The van der Waals surface area contributed by atoms with Crippen molar-refractivity contribution in [3.63, 3.8) is 0 Å². The Balaban J connectivity index is 0.00000361. The molecule has 0 saturated carbocycles. The molecule has 0 N–H and O–H groups in total. The van der Waals surface area contributed by atoms with Gasteiger partial charge in [0.2, 0.25) is 0 Å². The third-order valence-corrected chi connectivity index (χ3v) is 3.27. The Bertz CT molecular complexity index is 385. The molecule has 108 valence electrons. The number of rotatable bonds is 8. The van der Waals surface area contributed by atoms with Crippen LogP contribution < -0.4 is 61.6 Å². The molecule has 1 aromatic carbocycles. The van der Waals surface area contributed by atoms with Crippen molar-refractivity contribution in [2.24, 2.45) is 5.92 Å². The molecule has 0 aliphatic rings. The SMILES string of the molecule is CCCCC(CC)COc1cccc([B-](F)(F)F)c1.[K+]. The second kappa shape index (κ2) is 10.3. The Morgan fingerprint density at radius 2 is 1.90 bits per heavy atom. The third kappa shape index (κ3) is 7.50. The molecule has 0 radical (unpaired) electrons. The van der Waals surface area contributed by atoms with Crippen LogP contribution in [0.3, 0.4) is 0 Å². The molecule has 1 aromatic rings. The molecule has 0 bridgehead atoms. The Kier molecular flexibility index (Phi) is 10.5. The summed E-state index contributed by atoms with van der Waals surface area (Å²) in [5.74, 6) is 0.728. The molecule has 1 nitrogen and oxygen atoms in total. The van der Waals surface area contributed by atoms with Gasteiger partial charge in [0, 0.05) is 0 Å². The van der Waals surface area contributed by atoms with Crippen LogP contribution in [0.5, 0.6) is 5.75 Å². The fourth-order valence-electron chi connectivity index (χ4n) is 1.92. The van der Waals surface area contributed by atoms with Crippen molar-refractivity contribution in [2.45, 2.75) is 39.5 Å². The summed E-state index contributed by atoms with van der Waals surface area (Å²) in [6, 6.07) is 5.15. The number of hydrogen-bond acceptors (Lipinski definition) is 1. The normalized spacial score (nSPS) is 12.7. The van der Waals surface area contributed by atoms with Gasteiger partial charge in [0.05, 0.1) is 6.61 Å². The third-order valence-electron chi connectivity index (χ3n) is 3.27. The minimum Gasteiger partial charge on any atom is -0.493 e. The van der Waals surface area contributed by atoms with Crippen LogP contribution in [-0.2, 0) is 0 Å². The molecule has 6 heteroatoms.